The molecule has 0 fully saturated rings. The van der Waals surface area contributed by atoms with Gasteiger partial charge in [0.25, 0.3) is 0 Å². The van der Waals surface area contributed by atoms with Crippen LogP contribution in [0.5, 0.6) is 0 Å². The first-order valence-corrected chi connectivity index (χ1v) is 7.74. The van der Waals surface area contributed by atoms with E-state index in [1.165, 1.54) is 36.6 Å². The fourth-order valence-corrected chi connectivity index (χ4v) is 2.64. The number of nitrogens with one attached hydrogen (secondary N) is 2. The summed E-state index contributed by atoms with van der Waals surface area (Å²) in [4.78, 5) is 7.55. The smallest absolute Gasteiger partial charge is 0.137 e. The minimum absolute atomic E-state index is 0.375. The molecule has 0 radical (unpaired) electrons. The fourth-order valence-electron chi connectivity index (χ4n) is 2.64. The predicted octanol–water partition coefficient (Wildman–Crippen LogP) is 4.26. The molecule has 0 aromatic carbocycles. The van der Waals surface area contributed by atoms with Crippen molar-refractivity contribution in [2.45, 2.75) is 53.0 Å². The molecule has 0 spiro atoms. The lowest BCUT2D eigenvalue weighted by Crippen LogP contribution is -2.29. The van der Waals surface area contributed by atoms with Crippen molar-refractivity contribution in [2.24, 2.45) is 5.41 Å². The molecule has 0 unspecified atom stereocenters. The monoisotopic (exact) mass is 273 g/mol. The second-order valence-corrected chi connectivity index (χ2v) is 6.44. The summed E-state index contributed by atoms with van der Waals surface area (Å²) < 4.78 is 0. The molecule has 0 aliphatic heterocycles. The van der Waals surface area contributed by atoms with Crippen molar-refractivity contribution < 1.29 is 0 Å². The molecule has 0 saturated heterocycles. The minimum atomic E-state index is 0.375. The molecule has 0 saturated carbocycles. The summed E-state index contributed by atoms with van der Waals surface area (Å²) in [5, 5.41) is 4.83. The topological polar surface area (TPSA) is 40.7 Å². The summed E-state index contributed by atoms with van der Waals surface area (Å²) in [6.45, 7) is 8.93. The molecule has 3 heteroatoms. The van der Waals surface area contributed by atoms with Crippen molar-refractivity contribution in [3.63, 3.8) is 0 Å². The molecule has 2 heterocycles. The molecule has 20 heavy (non-hydrogen) atoms. The zero-order chi connectivity index (χ0) is 14.4. The molecule has 0 aliphatic rings. The highest BCUT2D eigenvalue weighted by Gasteiger charge is 2.16. The van der Waals surface area contributed by atoms with Gasteiger partial charge in [-0.1, -0.05) is 40.0 Å². The summed E-state index contributed by atoms with van der Waals surface area (Å²) in [5.41, 5.74) is 2.66. The van der Waals surface area contributed by atoms with Crippen LogP contribution in [0.4, 0.5) is 0 Å². The first-order chi connectivity index (χ1) is 9.62. The Hall–Kier alpha value is -1.35. The standard InChI is InChI=1S/C17H27N3/c1-4-5-6-9-17(2,3)13-18-11-14-12-20-16-15(14)8-7-10-19-16/h7-8,10,12,18H,4-6,9,11,13H2,1-3H3,(H,19,20). The van der Waals surface area contributed by atoms with Gasteiger partial charge in [0.2, 0.25) is 0 Å². The number of H-pyrrole nitrogens is 1. The van der Waals surface area contributed by atoms with E-state index in [0.29, 0.717) is 5.41 Å². The molecule has 2 N–H and O–H groups in total. The van der Waals surface area contributed by atoms with E-state index >= 15 is 0 Å². The Morgan fingerprint density at radius 3 is 2.95 bits per heavy atom. The van der Waals surface area contributed by atoms with Crippen LogP contribution in [0.3, 0.4) is 0 Å². The Kier molecular flexibility index (Phi) is 5.18. The van der Waals surface area contributed by atoms with Crippen molar-refractivity contribution in [1.82, 2.24) is 15.3 Å². The molecule has 2 aromatic heterocycles. The highest BCUT2D eigenvalue weighted by Crippen LogP contribution is 2.23. The van der Waals surface area contributed by atoms with Gasteiger partial charge in [-0.15, -0.1) is 0 Å². The summed E-state index contributed by atoms with van der Waals surface area (Å²) in [6.07, 6.45) is 9.16. The number of hydrogen-bond donors (Lipinski definition) is 2. The van der Waals surface area contributed by atoms with E-state index in [4.69, 9.17) is 0 Å². The number of hydrogen-bond acceptors (Lipinski definition) is 2. The molecular formula is C17H27N3. The third-order valence-electron chi connectivity index (χ3n) is 3.91. The van der Waals surface area contributed by atoms with Gasteiger partial charge in [0.05, 0.1) is 0 Å². The first-order valence-electron chi connectivity index (χ1n) is 7.74. The van der Waals surface area contributed by atoms with E-state index in [0.717, 1.165) is 18.7 Å². The van der Waals surface area contributed by atoms with Crippen molar-refractivity contribution in [1.29, 1.82) is 0 Å². The SMILES string of the molecule is CCCCCC(C)(C)CNCc1c[nH]c2ncccc12. The molecule has 0 amide bonds. The molecule has 0 atom stereocenters. The Bertz CT molecular complexity index is 528. The fraction of sp³-hybridized carbons (Fsp3) is 0.588. The van der Waals surface area contributed by atoms with Crippen LogP contribution in [-0.2, 0) is 6.54 Å². The maximum absolute atomic E-state index is 4.33. The lowest BCUT2D eigenvalue weighted by Gasteiger charge is -2.25. The van der Waals surface area contributed by atoms with Crippen molar-refractivity contribution in [3.05, 3.63) is 30.1 Å². The van der Waals surface area contributed by atoms with Gasteiger partial charge in [-0.05, 0) is 29.5 Å². The van der Waals surface area contributed by atoms with Crippen LogP contribution >= 0.6 is 0 Å². The van der Waals surface area contributed by atoms with Crippen molar-refractivity contribution in [3.8, 4) is 0 Å². The van der Waals surface area contributed by atoms with Crippen molar-refractivity contribution in [2.75, 3.05) is 6.54 Å². The lowest BCUT2D eigenvalue weighted by atomic mass is 9.87. The molecule has 2 aromatic rings. The van der Waals surface area contributed by atoms with Crippen LogP contribution in [0.2, 0.25) is 0 Å². The molecule has 0 bridgehead atoms. The zero-order valence-corrected chi connectivity index (χ0v) is 13.0. The second-order valence-electron chi connectivity index (χ2n) is 6.44. The van der Waals surface area contributed by atoms with Gasteiger partial charge in [0.15, 0.2) is 0 Å². The van der Waals surface area contributed by atoms with Gasteiger partial charge in [0, 0.05) is 30.9 Å². The quantitative estimate of drug-likeness (QED) is 0.706. The van der Waals surface area contributed by atoms with Gasteiger partial charge in [0.1, 0.15) is 5.65 Å². The van der Waals surface area contributed by atoms with Gasteiger partial charge in [-0.3, -0.25) is 0 Å². The maximum atomic E-state index is 4.33. The van der Waals surface area contributed by atoms with E-state index in [2.05, 4.69) is 48.3 Å². The Balaban J connectivity index is 1.83. The molecule has 0 aliphatic carbocycles. The van der Waals surface area contributed by atoms with Crippen LogP contribution < -0.4 is 5.32 Å². The number of nitrogens with zero attached hydrogens (tertiary/aromatic N) is 1. The van der Waals surface area contributed by atoms with Crippen LogP contribution in [0, 0.1) is 5.41 Å². The number of fused-ring (bicyclic) bond motifs is 1. The van der Waals surface area contributed by atoms with E-state index in [9.17, 15) is 0 Å². The Labute approximate surface area is 122 Å². The van der Waals surface area contributed by atoms with E-state index in [1.54, 1.807) is 0 Å². The molecule has 3 nitrogen and oxygen atoms in total. The van der Waals surface area contributed by atoms with E-state index in [-0.39, 0.29) is 0 Å². The summed E-state index contributed by atoms with van der Waals surface area (Å²) in [7, 11) is 0. The average molecular weight is 273 g/mol. The summed E-state index contributed by atoms with van der Waals surface area (Å²) in [5.74, 6) is 0. The number of pyridine rings is 1. The number of aromatic amines is 1. The number of aromatic nitrogens is 2. The number of rotatable bonds is 8. The largest absolute Gasteiger partial charge is 0.346 e. The molecular weight excluding hydrogens is 246 g/mol. The third-order valence-corrected chi connectivity index (χ3v) is 3.91. The van der Waals surface area contributed by atoms with Gasteiger partial charge in [-0.25, -0.2) is 4.98 Å². The zero-order valence-electron chi connectivity index (χ0n) is 13.0. The van der Waals surface area contributed by atoms with Crippen LogP contribution in [0.25, 0.3) is 11.0 Å². The number of unbranched alkanes of at least 4 members (excludes halogenated alkanes) is 2. The second kappa shape index (κ2) is 6.89. The molecule has 2 rings (SSSR count). The lowest BCUT2D eigenvalue weighted by molar-refractivity contribution is 0.302. The average Bonchev–Trinajstić information content (AvgIpc) is 2.82. The third kappa shape index (κ3) is 4.07. The predicted molar refractivity (Wildman–Crippen MR) is 85.7 cm³/mol. The minimum Gasteiger partial charge on any atom is -0.346 e. The van der Waals surface area contributed by atoms with Crippen molar-refractivity contribution >= 4 is 11.0 Å². The van der Waals surface area contributed by atoms with Crippen LogP contribution in [0.1, 0.15) is 52.0 Å². The van der Waals surface area contributed by atoms with Gasteiger partial charge >= 0.3 is 0 Å². The van der Waals surface area contributed by atoms with E-state index < -0.39 is 0 Å². The first kappa shape index (κ1) is 15.0. The van der Waals surface area contributed by atoms with Gasteiger partial charge < -0.3 is 10.3 Å². The normalized spacial score (nSPS) is 12.2. The Morgan fingerprint density at radius 1 is 1.30 bits per heavy atom. The highest BCUT2D eigenvalue weighted by atomic mass is 14.9. The van der Waals surface area contributed by atoms with Crippen LogP contribution in [-0.4, -0.2) is 16.5 Å². The van der Waals surface area contributed by atoms with Gasteiger partial charge in [-0.2, -0.15) is 0 Å². The summed E-state index contributed by atoms with van der Waals surface area (Å²) >= 11 is 0. The Morgan fingerprint density at radius 2 is 2.15 bits per heavy atom. The maximum Gasteiger partial charge on any atom is 0.137 e. The molecule has 110 valence electrons. The van der Waals surface area contributed by atoms with E-state index in [1.807, 2.05) is 12.3 Å². The van der Waals surface area contributed by atoms with Crippen LogP contribution in [0.15, 0.2) is 24.5 Å². The highest BCUT2D eigenvalue weighted by molar-refractivity contribution is 5.79. The summed E-state index contributed by atoms with van der Waals surface area (Å²) in [6, 6.07) is 4.12.